The molecule has 0 aliphatic carbocycles. The van der Waals surface area contributed by atoms with Gasteiger partial charge in [0.05, 0.1) is 17.8 Å². The average Bonchev–Trinajstić information content (AvgIpc) is 2.68. The Morgan fingerprint density at radius 1 is 1.26 bits per heavy atom. The van der Waals surface area contributed by atoms with Crippen LogP contribution in [0.1, 0.15) is 21.5 Å². The third kappa shape index (κ3) is 1.92. The Hall–Kier alpha value is -1.81. The molecule has 1 heterocycles. The van der Waals surface area contributed by atoms with Crippen LogP contribution < -0.4 is 10.6 Å². The quantitative estimate of drug-likeness (QED) is 0.818. The fourth-order valence-corrected chi connectivity index (χ4v) is 3.12. The molecule has 0 aromatic heterocycles. The molecule has 1 aliphatic heterocycles. The van der Waals surface area contributed by atoms with Gasteiger partial charge in [-0.25, -0.2) is 0 Å². The van der Waals surface area contributed by atoms with Crippen LogP contribution in [-0.2, 0) is 6.54 Å². The molecule has 2 aromatic rings. The van der Waals surface area contributed by atoms with Crippen molar-refractivity contribution in [2.75, 3.05) is 10.6 Å². The Kier molecular flexibility index (Phi) is 2.82. The number of rotatable bonds is 1. The maximum absolute atomic E-state index is 12.5. The van der Waals surface area contributed by atoms with Gasteiger partial charge in [0, 0.05) is 10.2 Å². The van der Waals surface area contributed by atoms with Gasteiger partial charge in [0.1, 0.15) is 0 Å². The van der Waals surface area contributed by atoms with E-state index in [-0.39, 0.29) is 5.91 Å². The molecule has 0 spiro atoms. The third-order valence-electron chi connectivity index (χ3n) is 3.36. The lowest BCUT2D eigenvalue weighted by Gasteiger charge is -2.18. The number of carbonyl (C=O) groups excluding carboxylic acids is 1. The second-order valence-electron chi connectivity index (χ2n) is 4.73. The van der Waals surface area contributed by atoms with Gasteiger partial charge < -0.3 is 10.6 Å². The van der Waals surface area contributed by atoms with Crippen molar-refractivity contribution in [1.29, 1.82) is 0 Å². The Labute approximate surface area is 120 Å². The van der Waals surface area contributed by atoms with Crippen molar-refractivity contribution in [3.8, 4) is 0 Å². The second-order valence-corrected chi connectivity index (χ2v) is 5.58. The molecule has 0 saturated heterocycles. The fraction of sp³-hybridized carbons (Fsp3) is 0.133. The Bertz CT molecular complexity index is 682. The predicted molar refractivity (Wildman–Crippen MR) is 80.2 cm³/mol. The molecular formula is C15H13BrN2O. The van der Waals surface area contributed by atoms with E-state index in [2.05, 4.69) is 15.9 Å². The van der Waals surface area contributed by atoms with Crippen molar-refractivity contribution in [3.63, 3.8) is 0 Å². The largest absolute Gasteiger partial charge is 0.398 e. The zero-order chi connectivity index (χ0) is 13.6. The Morgan fingerprint density at radius 2 is 2.05 bits per heavy atom. The van der Waals surface area contributed by atoms with Gasteiger partial charge >= 0.3 is 0 Å². The van der Waals surface area contributed by atoms with Crippen molar-refractivity contribution in [2.24, 2.45) is 0 Å². The first-order valence-electron chi connectivity index (χ1n) is 6.03. The predicted octanol–water partition coefficient (Wildman–Crippen LogP) is 3.50. The summed E-state index contributed by atoms with van der Waals surface area (Å²) in [7, 11) is 0. The number of nitrogens with zero attached hydrogens (tertiary/aromatic N) is 1. The zero-order valence-electron chi connectivity index (χ0n) is 10.5. The molecule has 0 atom stereocenters. The van der Waals surface area contributed by atoms with E-state index in [9.17, 15) is 4.79 Å². The summed E-state index contributed by atoms with van der Waals surface area (Å²) < 4.78 is 0.923. The van der Waals surface area contributed by atoms with E-state index in [1.807, 2.05) is 37.3 Å². The summed E-state index contributed by atoms with van der Waals surface area (Å²) in [6.45, 7) is 2.59. The van der Waals surface area contributed by atoms with Gasteiger partial charge in [-0.2, -0.15) is 0 Å². The third-order valence-corrected chi connectivity index (χ3v) is 4.00. The molecule has 1 amide bonds. The first-order valence-corrected chi connectivity index (χ1v) is 6.82. The number of anilines is 2. The van der Waals surface area contributed by atoms with Gasteiger partial charge in [-0.15, -0.1) is 0 Å². The molecule has 96 valence electrons. The van der Waals surface area contributed by atoms with Gasteiger partial charge in [0.2, 0.25) is 0 Å². The van der Waals surface area contributed by atoms with Crippen LogP contribution in [0.5, 0.6) is 0 Å². The number of nitrogens with two attached hydrogens (primary N) is 1. The number of carbonyl (C=O) groups is 1. The van der Waals surface area contributed by atoms with E-state index in [4.69, 9.17) is 5.73 Å². The van der Waals surface area contributed by atoms with E-state index in [1.54, 1.807) is 11.0 Å². The van der Waals surface area contributed by atoms with E-state index >= 15 is 0 Å². The van der Waals surface area contributed by atoms with Crippen molar-refractivity contribution in [3.05, 3.63) is 57.6 Å². The number of nitrogen functional groups attached to an aromatic ring is 1. The normalized spacial score (nSPS) is 13.8. The molecule has 0 radical (unpaired) electrons. The maximum Gasteiger partial charge on any atom is 0.261 e. The molecule has 0 saturated carbocycles. The van der Waals surface area contributed by atoms with E-state index in [0.29, 0.717) is 17.8 Å². The van der Waals surface area contributed by atoms with Crippen LogP contribution in [0.2, 0.25) is 0 Å². The van der Waals surface area contributed by atoms with Crippen LogP contribution in [0.25, 0.3) is 0 Å². The summed E-state index contributed by atoms with van der Waals surface area (Å²) in [5, 5.41) is 0. The lowest BCUT2D eigenvalue weighted by Crippen LogP contribution is -2.23. The molecular weight excluding hydrogens is 304 g/mol. The number of hydrogen-bond acceptors (Lipinski definition) is 2. The lowest BCUT2D eigenvalue weighted by atomic mass is 10.1. The second kappa shape index (κ2) is 4.38. The summed E-state index contributed by atoms with van der Waals surface area (Å²) >= 11 is 3.52. The van der Waals surface area contributed by atoms with Gasteiger partial charge in [-0.1, -0.05) is 18.2 Å². The first kappa shape index (κ1) is 12.2. The highest BCUT2D eigenvalue weighted by molar-refractivity contribution is 9.10. The smallest absolute Gasteiger partial charge is 0.261 e. The highest BCUT2D eigenvalue weighted by atomic mass is 79.9. The van der Waals surface area contributed by atoms with Crippen LogP contribution in [0.3, 0.4) is 0 Å². The van der Waals surface area contributed by atoms with Gasteiger partial charge in [0.25, 0.3) is 5.91 Å². The lowest BCUT2D eigenvalue weighted by molar-refractivity contribution is 0.0997. The fourth-order valence-electron chi connectivity index (χ4n) is 2.42. The first-order chi connectivity index (χ1) is 9.08. The monoisotopic (exact) mass is 316 g/mol. The van der Waals surface area contributed by atoms with Gasteiger partial charge in [-0.3, -0.25) is 4.79 Å². The summed E-state index contributed by atoms with van der Waals surface area (Å²) in [6, 6.07) is 11.6. The summed E-state index contributed by atoms with van der Waals surface area (Å²) in [4.78, 5) is 14.2. The summed E-state index contributed by atoms with van der Waals surface area (Å²) in [6.07, 6.45) is 0. The zero-order valence-corrected chi connectivity index (χ0v) is 12.1. The van der Waals surface area contributed by atoms with Crippen LogP contribution in [0, 0.1) is 6.92 Å². The molecule has 0 fully saturated rings. The highest BCUT2D eigenvalue weighted by Gasteiger charge is 2.31. The average molecular weight is 317 g/mol. The molecule has 3 nitrogen and oxygen atoms in total. The molecule has 2 N–H and O–H groups in total. The van der Waals surface area contributed by atoms with Crippen molar-refractivity contribution in [1.82, 2.24) is 0 Å². The summed E-state index contributed by atoms with van der Waals surface area (Å²) in [5.74, 6) is -0.0300. The number of halogens is 1. The van der Waals surface area contributed by atoms with E-state index < -0.39 is 0 Å². The number of aryl methyl sites for hydroxylation is 1. The SMILES string of the molecule is Cc1ccc(N2Cc3cccc(N)c3C2=O)c(Br)c1. The molecule has 4 heteroatoms. The summed E-state index contributed by atoms with van der Waals surface area (Å²) in [5.41, 5.74) is 10.1. The van der Waals surface area contributed by atoms with Crippen LogP contribution in [0.4, 0.5) is 11.4 Å². The molecule has 0 bridgehead atoms. The maximum atomic E-state index is 12.5. The van der Waals surface area contributed by atoms with Crippen molar-refractivity contribution in [2.45, 2.75) is 13.5 Å². The number of amides is 1. The van der Waals surface area contributed by atoms with Gasteiger partial charge in [0.15, 0.2) is 0 Å². The van der Waals surface area contributed by atoms with Crippen LogP contribution >= 0.6 is 15.9 Å². The number of hydrogen-bond donors (Lipinski definition) is 1. The highest BCUT2D eigenvalue weighted by Crippen LogP contribution is 2.35. The van der Waals surface area contributed by atoms with Crippen LogP contribution in [0.15, 0.2) is 40.9 Å². The molecule has 1 aliphatic rings. The number of benzene rings is 2. The van der Waals surface area contributed by atoms with Gasteiger partial charge in [-0.05, 0) is 52.2 Å². The molecule has 3 rings (SSSR count). The van der Waals surface area contributed by atoms with Crippen LogP contribution in [-0.4, -0.2) is 5.91 Å². The minimum absolute atomic E-state index is 0.0300. The molecule has 19 heavy (non-hydrogen) atoms. The van der Waals surface area contributed by atoms with E-state index in [0.717, 1.165) is 21.3 Å². The Balaban J connectivity index is 2.07. The standard InChI is InChI=1S/C15H13BrN2O/c1-9-5-6-13(11(16)7-9)18-8-10-3-2-4-12(17)14(10)15(18)19/h2-7H,8,17H2,1H3. The minimum Gasteiger partial charge on any atom is -0.398 e. The Morgan fingerprint density at radius 3 is 2.74 bits per heavy atom. The minimum atomic E-state index is -0.0300. The van der Waals surface area contributed by atoms with Crippen molar-refractivity contribution >= 4 is 33.2 Å². The molecule has 2 aromatic carbocycles. The van der Waals surface area contributed by atoms with Crippen molar-refractivity contribution < 1.29 is 4.79 Å². The van der Waals surface area contributed by atoms with E-state index in [1.165, 1.54) is 0 Å². The topological polar surface area (TPSA) is 46.3 Å². The number of fused-ring (bicyclic) bond motifs is 1. The molecule has 0 unspecified atom stereocenters.